The monoisotopic (exact) mass is 249 g/mol. The topological polar surface area (TPSA) is 39.1 Å². The number of rotatable bonds is 2. The number of aryl methyl sites for hydroxylation is 1. The molecule has 1 N–H and O–H groups in total. The molecule has 0 bridgehead atoms. The van der Waals surface area contributed by atoms with Gasteiger partial charge in [-0.05, 0) is 24.6 Å². The smallest absolute Gasteiger partial charge is 0.126 e. The number of nitrogens with one attached hydrogen (secondary N) is 1. The Bertz CT molecular complexity index is 581. The molecule has 1 aromatic carbocycles. The predicted molar refractivity (Wildman–Crippen MR) is 66.8 cm³/mol. The van der Waals surface area contributed by atoms with Crippen molar-refractivity contribution in [2.24, 2.45) is 7.05 Å². The maximum atomic E-state index is 13.2. The summed E-state index contributed by atoms with van der Waals surface area (Å²) in [5.74, 6) is 0.710. The average molecular weight is 249 g/mol. The molecule has 0 aliphatic carbocycles. The summed E-state index contributed by atoms with van der Waals surface area (Å²) in [6.45, 7) is 0.832. The number of benzene rings is 1. The number of ether oxygens (including phenoxy) is 1. The van der Waals surface area contributed by atoms with Crippen molar-refractivity contribution in [2.75, 3.05) is 13.7 Å². The molecule has 5 heteroatoms. The van der Waals surface area contributed by atoms with Crippen LogP contribution in [0.5, 0.6) is 0 Å². The molecule has 1 fully saturated rings. The minimum absolute atomic E-state index is 0.176. The molecule has 1 aliphatic heterocycles. The van der Waals surface area contributed by atoms with Gasteiger partial charge in [0.25, 0.3) is 0 Å². The summed E-state index contributed by atoms with van der Waals surface area (Å²) >= 11 is 0. The van der Waals surface area contributed by atoms with E-state index in [0.29, 0.717) is 0 Å². The molecule has 2 heterocycles. The standard InChI is InChI=1S/C13H16FN3O/c1-17-12-5-8(14)3-4-10(12)16-13(17)11-6-9(18-2)7-15-11/h3-5,9,11,15H,6-7H2,1-2H3. The minimum Gasteiger partial charge on any atom is -0.380 e. The Labute approximate surface area is 105 Å². The third kappa shape index (κ3) is 1.79. The Morgan fingerprint density at radius 2 is 2.33 bits per heavy atom. The van der Waals surface area contributed by atoms with Crippen molar-refractivity contribution in [1.82, 2.24) is 14.9 Å². The van der Waals surface area contributed by atoms with Crippen molar-refractivity contribution in [3.63, 3.8) is 0 Å². The van der Waals surface area contributed by atoms with E-state index >= 15 is 0 Å². The van der Waals surface area contributed by atoms with Gasteiger partial charge in [0, 0.05) is 20.7 Å². The van der Waals surface area contributed by atoms with Crippen LogP contribution < -0.4 is 5.32 Å². The van der Waals surface area contributed by atoms with Crippen molar-refractivity contribution in [2.45, 2.75) is 18.6 Å². The van der Waals surface area contributed by atoms with Crippen LogP contribution in [-0.4, -0.2) is 29.3 Å². The van der Waals surface area contributed by atoms with Crippen LogP contribution >= 0.6 is 0 Å². The van der Waals surface area contributed by atoms with Crippen molar-refractivity contribution in [3.8, 4) is 0 Å². The number of aromatic nitrogens is 2. The van der Waals surface area contributed by atoms with Crippen LogP contribution in [0, 0.1) is 5.82 Å². The highest BCUT2D eigenvalue weighted by Crippen LogP contribution is 2.27. The zero-order chi connectivity index (χ0) is 12.7. The summed E-state index contributed by atoms with van der Waals surface area (Å²) < 4.78 is 20.5. The van der Waals surface area contributed by atoms with Gasteiger partial charge in [-0.2, -0.15) is 0 Å². The molecule has 18 heavy (non-hydrogen) atoms. The van der Waals surface area contributed by atoms with E-state index in [4.69, 9.17) is 4.74 Å². The van der Waals surface area contributed by atoms with Crippen molar-refractivity contribution in [3.05, 3.63) is 29.8 Å². The van der Waals surface area contributed by atoms with E-state index in [1.54, 1.807) is 13.2 Å². The second-order valence-electron chi connectivity index (χ2n) is 4.72. The summed E-state index contributed by atoms with van der Waals surface area (Å²) in [7, 11) is 3.64. The van der Waals surface area contributed by atoms with Gasteiger partial charge >= 0.3 is 0 Å². The Morgan fingerprint density at radius 3 is 3.06 bits per heavy atom. The normalized spacial score (nSPS) is 23.9. The van der Waals surface area contributed by atoms with Crippen LogP contribution in [0.1, 0.15) is 18.3 Å². The predicted octanol–water partition coefficient (Wildman–Crippen LogP) is 1.76. The zero-order valence-corrected chi connectivity index (χ0v) is 10.5. The molecule has 4 nitrogen and oxygen atoms in total. The molecule has 2 atom stereocenters. The van der Waals surface area contributed by atoms with Gasteiger partial charge in [-0.1, -0.05) is 0 Å². The van der Waals surface area contributed by atoms with E-state index in [2.05, 4.69) is 10.3 Å². The number of halogens is 1. The van der Waals surface area contributed by atoms with Crippen LogP contribution in [0.15, 0.2) is 18.2 Å². The number of hydrogen-bond donors (Lipinski definition) is 1. The fraction of sp³-hybridized carbons (Fsp3) is 0.462. The lowest BCUT2D eigenvalue weighted by Crippen LogP contribution is -2.18. The Balaban J connectivity index is 2.00. The number of hydrogen-bond acceptors (Lipinski definition) is 3. The summed E-state index contributed by atoms with van der Waals surface area (Å²) in [6.07, 6.45) is 1.13. The van der Waals surface area contributed by atoms with Gasteiger partial charge in [0.2, 0.25) is 0 Å². The van der Waals surface area contributed by atoms with Crippen LogP contribution in [0.3, 0.4) is 0 Å². The Kier molecular flexibility index (Phi) is 2.80. The molecular weight excluding hydrogens is 233 g/mol. The van der Waals surface area contributed by atoms with Gasteiger partial charge in [-0.15, -0.1) is 0 Å². The van der Waals surface area contributed by atoms with Gasteiger partial charge in [0.1, 0.15) is 11.6 Å². The molecule has 3 rings (SSSR count). The maximum Gasteiger partial charge on any atom is 0.126 e. The molecule has 96 valence electrons. The van der Waals surface area contributed by atoms with E-state index in [1.165, 1.54) is 12.1 Å². The second kappa shape index (κ2) is 4.33. The number of fused-ring (bicyclic) bond motifs is 1. The number of nitrogens with zero attached hydrogens (tertiary/aromatic N) is 2. The molecule has 0 radical (unpaired) electrons. The van der Waals surface area contributed by atoms with E-state index in [1.807, 2.05) is 11.6 Å². The quantitative estimate of drug-likeness (QED) is 0.881. The van der Waals surface area contributed by atoms with Gasteiger partial charge in [-0.3, -0.25) is 0 Å². The van der Waals surface area contributed by atoms with Gasteiger partial charge in [-0.25, -0.2) is 9.37 Å². The van der Waals surface area contributed by atoms with Crippen LogP contribution in [-0.2, 0) is 11.8 Å². The van der Waals surface area contributed by atoms with Gasteiger partial charge in [0.05, 0.1) is 23.2 Å². The summed E-state index contributed by atoms with van der Waals surface area (Å²) in [4.78, 5) is 4.58. The third-order valence-electron chi connectivity index (χ3n) is 3.61. The summed E-state index contributed by atoms with van der Waals surface area (Å²) in [6, 6.07) is 4.86. The molecule has 0 saturated carbocycles. The molecular formula is C13H16FN3O. The first kappa shape index (κ1) is 11.6. The third-order valence-corrected chi connectivity index (χ3v) is 3.61. The van der Waals surface area contributed by atoms with Crippen molar-refractivity contribution >= 4 is 11.0 Å². The van der Waals surface area contributed by atoms with E-state index in [0.717, 1.165) is 29.8 Å². The summed E-state index contributed by atoms with van der Waals surface area (Å²) in [5, 5.41) is 3.39. The first-order valence-electron chi connectivity index (χ1n) is 6.07. The molecule has 2 aromatic rings. The molecule has 0 spiro atoms. The lowest BCUT2D eigenvalue weighted by atomic mass is 10.2. The van der Waals surface area contributed by atoms with Crippen molar-refractivity contribution in [1.29, 1.82) is 0 Å². The number of methoxy groups -OCH3 is 1. The van der Waals surface area contributed by atoms with Crippen LogP contribution in [0.4, 0.5) is 4.39 Å². The zero-order valence-electron chi connectivity index (χ0n) is 10.5. The maximum absolute atomic E-state index is 13.2. The molecule has 1 aromatic heterocycles. The minimum atomic E-state index is -0.230. The van der Waals surface area contributed by atoms with E-state index in [9.17, 15) is 4.39 Å². The molecule has 1 aliphatic rings. The lowest BCUT2D eigenvalue weighted by Gasteiger charge is -2.10. The highest BCUT2D eigenvalue weighted by Gasteiger charge is 2.28. The first-order chi connectivity index (χ1) is 8.69. The largest absolute Gasteiger partial charge is 0.380 e. The van der Waals surface area contributed by atoms with Crippen molar-refractivity contribution < 1.29 is 9.13 Å². The lowest BCUT2D eigenvalue weighted by molar-refractivity contribution is 0.117. The summed E-state index contributed by atoms with van der Waals surface area (Å²) in [5.41, 5.74) is 1.66. The molecule has 1 saturated heterocycles. The highest BCUT2D eigenvalue weighted by molar-refractivity contribution is 5.76. The average Bonchev–Trinajstić information content (AvgIpc) is 2.95. The van der Waals surface area contributed by atoms with Crippen LogP contribution in [0.2, 0.25) is 0 Å². The van der Waals surface area contributed by atoms with E-state index < -0.39 is 0 Å². The Hall–Kier alpha value is -1.46. The van der Waals surface area contributed by atoms with Gasteiger partial charge in [0.15, 0.2) is 0 Å². The fourth-order valence-corrected chi connectivity index (χ4v) is 2.57. The fourth-order valence-electron chi connectivity index (χ4n) is 2.57. The van der Waals surface area contributed by atoms with Crippen LogP contribution in [0.25, 0.3) is 11.0 Å². The highest BCUT2D eigenvalue weighted by atomic mass is 19.1. The Morgan fingerprint density at radius 1 is 1.50 bits per heavy atom. The molecule has 2 unspecified atom stereocenters. The second-order valence-corrected chi connectivity index (χ2v) is 4.72. The first-order valence-corrected chi connectivity index (χ1v) is 6.07. The number of imidazole rings is 1. The molecule has 0 amide bonds. The SMILES string of the molecule is COC1CNC(c2nc3ccc(F)cc3n2C)C1. The van der Waals surface area contributed by atoms with E-state index in [-0.39, 0.29) is 18.0 Å². The van der Waals surface area contributed by atoms with Gasteiger partial charge < -0.3 is 14.6 Å².